The number of ketones is 1. The summed E-state index contributed by atoms with van der Waals surface area (Å²) in [5.74, 6) is 0.196. The number of ether oxygens (including phenoxy) is 1. The van der Waals surface area contributed by atoms with E-state index in [1.807, 2.05) is 0 Å². The van der Waals surface area contributed by atoms with Crippen molar-refractivity contribution in [1.29, 1.82) is 0 Å². The van der Waals surface area contributed by atoms with E-state index in [0.29, 0.717) is 6.42 Å². The molecular formula is C9H15NO2. The third-order valence-electron chi connectivity index (χ3n) is 3.52. The average molecular weight is 169 g/mol. The van der Waals surface area contributed by atoms with Crippen molar-refractivity contribution < 1.29 is 9.53 Å². The number of hydrogen-bond acceptors (Lipinski definition) is 3. The average Bonchev–Trinajstić information content (AvgIpc) is 2.08. The van der Waals surface area contributed by atoms with Gasteiger partial charge in [0.25, 0.3) is 0 Å². The van der Waals surface area contributed by atoms with Gasteiger partial charge in [0.1, 0.15) is 0 Å². The van der Waals surface area contributed by atoms with Crippen LogP contribution in [0, 0.1) is 0 Å². The molecule has 3 heteroatoms. The van der Waals surface area contributed by atoms with Gasteiger partial charge in [-0.05, 0) is 25.7 Å². The number of rotatable bonds is 1. The fourth-order valence-electron chi connectivity index (χ4n) is 2.35. The highest BCUT2D eigenvalue weighted by molar-refractivity contribution is 5.90. The fraction of sp³-hybridized carbons (Fsp3) is 0.889. The van der Waals surface area contributed by atoms with Crippen LogP contribution in [0.5, 0.6) is 0 Å². The molecule has 0 amide bonds. The highest BCUT2D eigenvalue weighted by atomic mass is 16.5. The second-order valence-electron chi connectivity index (χ2n) is 4.14. The third kappa shape index (κ3) is 0.930. The summed E-state index contributed by atoms with van der Waals surface area (Å²) in [5, 5.41) is 0. The maximum absolute atomic E-state index is 11.5. The monoisotopic (exact) mass is 169 g/mol. The van der Waals surface area contributed by atoms with E-state index in [9.17, 15) is 4.79 Å². The molecule has 3 fully saturated rings. The molecule has 0 saturated heterocycles. The summed E-state index contributed by atoms with van der Waals surface area (Å²) in [4.78, 5) is 11.5. The molecule has 0 unspecified atom stereocenters. The van der Waals surface area contributed by atoms with Crippen LogP contribution in [0.15, 0.2) is 0 Å². The van der Waals surface area contributed by atoms with Crippen LogP contribution in [-0.4, -0.2) is 24.0 Å². The molecule has 2 N–H and O–H groups in total. The number of methoxy groups -OCH3 is 1. The van der Waals surface area contributed by atoms with E-state index in [1.165, 1.54) is 0 Å². The van der Waals surface area contributed by atoms with Crippen molar-refractivity contribution in [3.05, 3.63) is 0 Å². The first-order valence-corrected chi connectivity index (χ1v) is 4.48. The topological polar surface area (TPSA) is 52.3 Å². The van der Waals surface area contributed by atoms with Crippen LogP contribution in [0.1, 0.15) is 32.1 Å². The summed E-state index contributed by atoms with van der Waals surface area (Å²) in [5.41, 5.74) is 5.29. The number of carbonyl (C=O) groups is 1. The van der Waals surface area contributed by atoms with E-state index in [-0.39, 0.29) is 11.4 Å². The van der Waals surface area contributed by atoms with E-state index in [1.54, 1.807) is 7.11 Å². The maximum atomic E-state index is 11.5. The third-order valence-corrected chi connectivity index (χ3v) is 3.52. The first-order valence-electron chi connectivity index (χ1n) is 4.48. The first kappa shape index (κ1) is 8.20. The summed E-state index contributed by atoms with van der Waals surface area (Å²) in [7, 11) is 1.70. The van der Waals surface area contributed by atoms with E-state index in [2.05, 4.69) is 0 Å². The lowest BCUT2D eigenvalue weighted by atomic mass is 9.63. The van der Waals surface area contributed by atoms with Crippen LogP contribution in [0.25, 0.3) is 0 Å². The smallest absolute Gasteiger partial charge is 0.155 e. The van der Waals surface area contributed by atoms with Gasteiger partial charge in [0, 0.05) is 13.5 Å². The normalized spacial score (nSPS) is 46.7. The number of nitrogens with two attached hydrogens (primary N) is 1. The zero-order valence-corrected chi connectivity index (χ0v) is 7.43. The van der Waals surface area contributed by atoms with Crippen molar-refractivity contribution in [1.82, 2.24) is 0 Å². The highest BCUT2D eigenvalue weighted by Crippen LogP contribution is 2.45. The molecular weight excluding hydrogens is 154 g/mol. The Bertz CT molecular complexity index is 217. The van der Waals surface area contributed by atoms with Gasteiger partial charge in [0.2, 0.25) is 0 Å². The molecule has 0 spiro atoms. The molecule has 12 heavy (non-hydrogen) atoms. The molecule has 3 rings (SSSR count). The van der Waals surface area contributed by atoms with Crippen molar-refractivity contribution in [3.8, 4) is 0 Å². The Hall–Kier alpha value is -0.410. The van der Waals surface area contributed by atoms with Gasteiger partial charge in [-0.2, -0.15) is 0 Å². The van der Waals surface area contributed by atoms with Crippen LogP contribution in [-0.2, 0) is 9.53 Å². The molecule has 0 aromatic carbocycles. The Kier molecular flexibility index (Phi) is 1.57. The van der Waals surface area contributed by atoms with Crippen molar-refractivity contribution in [2.24, 2.45) is 5.73 Å². The minimum absolute atomic E-state index is 0.155. The standard InChI is InChI=1S/C9H15NO2/c1-12-8-2-4-9(10,5-3-8)7(11)6-8/h2-6,10H2,1H3. The lowest BCUT2D eigenvalue weighted by Crippen LogP contribution is -2.61. The molecule has 2 bridgehead atoms. The van der Waals surface area contributed by atoms with Crippen molar-refractivity contribution in [2.45, 2.75) is 43.2 Å². The van der Waals surface area contributed by atoms with Crippen molar-refractivity contribution >= 4 is 5.78 Å². The summed E-state index contributed by atoms with van der Waals surface area (Å²) in [6, 6.07) is 0. The molecule has 3 nitrogen and oxygen atoms in total. The van der Waals surface area contributed by atoms with Crippen LogP contribution in [0.4, 0.5) is 0 Å². The Morgan fingerprint density at radius 3 is 2.33 bits per heavy atom. The Labute approximate surface area is 72.3 Å². The summed E-state index contributed by atoms with van der Waals surface area (Å²) in [6.45, 7) is 0. The van der Waals surface area contributed by atoms with Crippen molar-refractivity contribution in [2.75, 3.05) is 7.11 Å². The largest absolute Gasteiger partial charge is 0.378 e. The number of carbonyl (C=O) groups excluding carboxylic acids is 1. The van der Waals surface area contributed by atoms with E-state index < -0.39 is 5.54 Å². The van der Waals surface area contributed by atoms with Gasteiger partial charge in [-0.25, -0.2) is 0 Å². The van der Waals surface area contributed by atoms with Gasteiger partial charge in [-0.3, -0.25) is 4.79 Å². The predicted octanol–water partition coefficient (Wildman–Crippen LogP) is 0.616. The van der Waals surface area contributed by atoms with E-state index in [0.717, 1.165) is 25.7 Å². The summed E-state index contributed by atoms with van der Waals surface area (Å²) in [6.07, 6.45) is 4.04. The highest BCUT2D eigenvalue weighted by Gasteiger charge is 2.52. The Balaban J connectivity index is 2.25. The molecule has 0 heterocycles. The molecule has 3 saturated carbocycles. The minimum Gasteiger partial charge on any atom is -0.378 e. The molecule has 68 valence electrons. The fourth-order valence-corrected chi connectivity index (χ4v) is 2.35. The van der Waals surface area contributed by atoms with Gasteiger partial charge >= 0.3 is 0 Å². The lowest BCUT2D eigenvalue weighted by molar-refractivity contribution is -0.148. The number of fused-ring (bicyclic) bond motifs is 3. The molecule has 0 aromatic rings. The first-order chi connectivity index (χ1) is 5.60. The zero-order chi connectivity index (χ0) is 8.82. The lowest BCUT2D eigenvalue weighted by Gasteiger charge is -2.49. The van der Waals surface area contributed by atoms with Gasteiger partial charge in [0.15, 0.2) is 5.78 Å². The van der Waals surface area contributed by atoms with E-state index in [4.69, 9.17) is 10.5 Å². The molecule has 0 radical (unpaired) electrons. The Morgan fingerprint density at radius 2 is 1.92 bits per heavy atom. The van der Waals surface area contributed by atoms with Gasteiger partial charge in [-0.15, -0.1) is 0 Å². The maximum Gasteiger partial charge on any atom is 0.155 e. The number of hydrogen-bond donors (Lipinski definition) is 1. The summed E-state index contributed by atoms with van der Waals surface area (Å²) >= 11 is 0. The molecule has 0 atom stereocenters. The molecule has 0 aromatic heterocycles. The Morgan fingerprint density at radius 1 is 1.33 bits per heavy atom. The molecule has 3 aliphatic rings. The molecule has 0 aliphatic heterocycles. The van der Waals surface area contributed by atoms with Gasteiger partial charge < -0.3 is 10.5 Å². The quantitative estimate of drug-likeness (QED) is 0.626. The molecule has 3 aliphatic carbocycles. The SMILES string of the molecule is COC12CCC(N)(CC1)C(=O)C2. The predicted molar refractivity (Wildman–Crippen MR) is 44.8 cm³/mol. The van der Waals surface area contributed by atoms with Crippen LogP contribution >= 0.6 is 0 Å². The minimum atomic E-state index is -0.500. The van der Waals surface area contributed by atoms with Crippen LogP contribution < -0.4 is 5.73 Å². The second kappa shape index (κ2) is 2.30. The van der Waals surface area contributed by atoms with Gasteiger partial charge in [-0.1, -0.05) is 0 Å². The number of Topliss-reactive ketones (excluding diaryl/α,β-unsaturated/α-hetero) is 1. The van der Waals surface area contributed by atoms with Crippen LogP contribution in [0.3, 0.4) is 0 Å². The van der Waals surface area contributed by atoms with Gasteiger partial charge in [0.05, 0.1) is 11.1 Å². The zero-order valence-electron chi connectivity index (χ0n) is 7.43. The van der Waals surface area contributed by atoms with E-state index >= 15 is 0 Å². The van der Waals surface area contributed by atoms with Crippen molar-refractivity contribution in [3.63, 3.8) is 0 Å². The summed E-state index contributed by atoms with van der Waals surface area (Å²) < 4.78 is 5.40. The van der Waals surface area contributed by atoms with Crippen LogP contribution in [0.2, 0.25) is 0 Å². The second-order valence-corrected chi connectivity index (χ2v) is 4.14.